The molecule has 0 bridgehead atoms. The van der Waals surface area contributed by atoms with Crippen LogP contribution in [0, 0.1) is 6.92 Å². The number of benzene rings is 5. The molecular weight excluding hydrogens is 555 g/mol. The van der Waals surface area contributed by atoms with E-state index in [2.05, 4.69) is 154 Å². The van der Waals surface area contributed by atoms with Crippen molar-refractivity contribution in [3.63, 3.8) is 0 Å². The summed E-state index contributed by atoms with van der Waals surface area (Å²) in [5.41, 5.74) is 18.1. The van der Waals surface area contributed by atoms with Crippen molar-refractivity contribution >= 4 is 51.5 Å². The van der Waals surface area contributed by atoms with Crippen molar-refractivity contribution in [3.8, 4) is 11.1 Å². The standard InChI is InChI=1S/C43H43BN2/c1-28-25-37-39-38(26-28)46-40-32(42(5)23-12-13-24-43(42,46)6)18-14-19-34(40)44(39)33-22-21-30(41(2,3)4)27-36(33)45(37)35-20-11-10-17-31(35)29-15-8-7-9-16-29/h7-11,14-22,25-27H,12-13,23-24H2,1-6H3. The van der Waals surface area contributed by atoms with Crippen molar-refractivity contribution in [2.24, 2.45) is 0 Å². The Kier molecular flexibility index (Phi) is 5.73. The van der Waals surface area contributed by atoms with Gasteiger partial charge in [0.1, 0.15) is 0 Å². The monoisotopic (exact) mass is 598 g/mol. The summed E-state index contributed by atoms with van der Waals surface area (Å²) in [5, 5.41) is 0. The molecule has 4 aliphatic rings. The van der Waals surface area contributed by atoms with E-state index >= 15 is 0 Å². The van der Waals surface area contributed by atoms with E-state index in [1.807, 2.05) is 0 Å². The minimum atomic E-state index is 0.0356. The van der Waals surface area contributed by atoms with E-state index in [0.717, 1.165) is 0 Å². The first-order valence-corrected chi connectivity index (χ1v) is 17.3. The van der Waals surface area contributed by atoms with Crippen LogP contribution in [0.4, 0.5) is 28.4 Å². The molecule has 2 atom stereocenters. The number of aryl methyl sites for hydroxylation is 1. The number of nitrogens with zero attached hydrogens (tertiary/aromatic N) is 2. The molecule has 2 nitrogen and oxygen atoms in total. The molecule has 3 heteroatoms. The van der Waals surface area contributed by atoms with Crippen LogP contribution >= 0.6 is 0 Å². The van der Waals surface area contributed by atoms with Crippen molar-refractivity contribution in [3.05, 3.63) is 120 Å². The quantitative estimate of drug-likeness (QED) is 0.183. The van der Waals surface area contributed by atoms with Gasteiger partial charge in [0.05, 0.1) is 11.2 Å². The van der Waals surface area contributed by atoms with Gasteiger partial charge in [-0.15, -0.1) is 0 Å². The molecule has 3 heterocycles. The van der Waals surface area contributed by atoms with Gasteiger partial charge in [-0.2, -0.15) is 0 Å². The molecule has 1 aliphatic carbocycles. The predicted octanol–water partition coefficient (Wildman–Crippen LogP) is 9.31. The fraction of sp³-hybridized carbons (Fsp3) is 0.302. The molecule has 0 N–H and O–H groups in total. The van der Waals surface area contributed by atoms with Crippen LogP contribution in [0.25, 0.3) is 11.1 Å². The first-order chi connectivity index (χ1) is 22.1. The summed E-state index contributed by atoms with van der Waals surface area (Å²) in [4.78, 5) is 5.44. The molecule has 228 valence electrons. The Hall–Kier alpha value is -4.24. The smallest absolute Gasteiger partial charge is 0.252 e. The minimum absolute atomic E-state index is 0.0356. The van der Waals surface area contributed by atoms with Gasteiger partial charge in [-0.05, 0) is 95.0 Å². The molecule has 0 amide bonds. The fourth-order valence-corrected chi connectivity index (χ4v) is 9.67. The molecule has 46 heavy (non-hydrogen) atoms. The Morgan fingerprint density at radius 2 is 1.41 bits per heavy atom. The third-order valence-corrected chi connectivity index (χ3v) is 12.2. The maximum Gasteiger partial charge on any atom is 0.252 e. The Bertz CT molecular complexity index is 2060. The SMILES string of the molecule is Cc1cc2c3c(c1)N1c4c(cccc4C4(C)CCCCC14C)B3c1ccc(C(C)(C)C)cc1N2c1ccccc1-c1ccccc1. The fourth-order valence-electron chi connectivity index (χ4n) is 9.67. The van der Waals surface area contributed by atoms with E-state index in [0.29, 0.717) is 0 Å². The second-order valence-corrected chi connectivity index (χ2v) is 15.8. The van der Waals surface area contributed by atoms with Gasteiger partial charge in [0, 0.05) is 33.7 Å². The summed E-state index contributed by atoms with van der Waals surface area (Å²) in [6.45, 7) is 14.6. The van der Waals surface area contributed by atoms with Gasteiger partial charge in [0.2, 0.25) is 0 Å². The maximum absolute atomic E-state index is 2.83. The highest BCUT2D eigenvalue weighted by Gasteiger charge is 2.61. The van der Waals surface area contributed by atoms with E-state index in [1.165, 1.54) is 92.8 Å². The van der Waals surface area contributed by atoms with Crippen LogP contribution in [0.1, 0.15) is 77.0 Å². The third kappa shape index (κ3) is 3.55. The van der Waals surface area contributed by atoms with Crippen molar-refractivity contribution in [1.82, 2.24) is 0 Å². The zero-order valence-electron chi connectivity index (χ0n) is 28.1. The van der Waals surface area contributed by atoms with Crippen LogP contribution in [-0.4, -0.2) is 12.3 Å². The molecule has 0 saturated heterocycles. The Morgan fingerprint density at radius 1 is 0.674 bits per heavy atom. The Balaban J connectivity index is 1.40. The number of hydrogen-bond acceptors (Lipinski definition) is 2. The second-order valence-electron chi connectivity index (χ2n) is 15.8. The average Bonchev–Trinajstić information content (AvgIpc) is 3.27. The lowest BCUT2D eigenvalue weighted by Gasteiger charge is -2.53. The number of para-hydroxylation sites is 2. The first kappa shape index (κ1) is 28.0. The molecule has 0 radical (unpaired) electrons. The number of hydrogen-bond donors (Lipinski definition) is 0. The van der Waals surface area contributed by atoms with Gasteiger partial charge < -0.3 is 9.80 Å². The van der Waals surface area contributed by atoms with Gasteiger partial charge in [0.15, 0.2) is 0 Å². The summed E-state index contributed by atoms with van der Waals surface area (Å²) in [6.07, 6.45) is 5.06. The van der Waals surface area contributed by atoms with E-state index in [4.69, 9.17) is 0 Å². The molecule has 9 rings (SSSR count). The lowest BCUT2D eigenvalue weighted by Crippen LogP contribution is -2.64. The molecule has 2 unspecified atom stereocenters. The molecule has 0 aromatic heterocycles. The largest absolute Gasteiger partial charge is 0.335 e. The van der Waals surface area contributed by atoms with Crippen molar-refractivity contribution in [1.29, 1.82) is 0 Å². The molecule has 3 aliphatic heterocycles. The number of fused-ring (bicyclic) bond motifs is 7. The molecule has 0 spiro atoms. The molecular formula is C43H43BN2. The summed E-state index contributed by atoms with van der Waals surface area (Å²) in [5.74, 6) is 0. The third-order valence-electron chi connectivity index (χ3n) is 12.2. The highest BCUT2D eigenvalue weighted by atomic mass is 15.3. The second kappa shape index (κ2) is 9.41. The summed E-state index contributed by atoms with van der Waals surface area (Å²) >= 11 is 0. The Morgan fingerprint density at radius 3 is 2.22 bits per heavy atom. The molecule has 5 aromatic carbocycles. The van der Waals surface area contributed by atoms with E-state index < -0.39 is 0 Å². The van der Waals surface area contributed by atoms with Gasteiger partial charge >= 0.3 is 0 Å². The van der Waals surface area contributed by atoms with E-state index in [1.54, 1.807) is 5.56 Å². The average molecular weight is 599 g/mol. The van der Waals surface area contributed by atoms with Crippen LogP contribution in [0.2, 0.25) is 0 Å². The van der Waals surface area contributed by atoms with Crippen LogP contribution in [0.5, 0.6) is 0 Å². The summed E-state index contributed by atoms with van der Waals surface area (Å²) in [7, 11) is 0. The van der Waals surface area contributed by atoms with Gasteiger partial charge in [-0.25, -0.2) is 0 Å². The Labute approximate surface area is 275 Å². The molecule has 1 fully saturated rings. The first-order valence-electron chi connectivity index (χ1n) is 17.3. The van der Waals surface area contributed by atoms with Gasteiger partial charge in [0.25, 0.3) is 6.71 Å². The highest BCUT2D eigenvalue weighted by Crippen LogP contribution is 2.61. The minimum Gasteiger partial charge on any atom is -0.335 e. The highest BCUT2D eigenvalue weighted by molar-refractivity contribution is 7.00. The van der Waals surface area contributed by atoms with Crippen LogP contribution in [0.15, 0.2) is 103 Å². The normalized spacial score (nSPS) is 22.3. The van der Waals surface area contributed by atoms with Crippen LogP contribution in [-0.2, 0) is 10.8 Å². The number of rotatable bonds is 2. The molecule has 1 saturated carbocycles. The molecule has 5 aromatic rings. The van der Waals surface area contributed by atoms with Crippen molar-refractivity contribution in [2.45, 2.75) is 83.6 Å². The van der Waals surface area contributed by atoms with Crippen LogP contribution in [0.3, 0.4) is 0 Å². The number of anilines is 5. The lowest BCUT2D eigenvalue weighted by atomic mass is 9.33. The zero-order chi connectivity index (χ0) is 31.6. The van der Waals surface area contributed by atoms with Gasteiger partial charge in [-0.1, -0.05) is 119 Å². The summed E-state index contributed by atoms with van der Waals surface area (Å²) < 4.78 is 0. The predicted molar refractivity (Wildman–Crippen MR) is 197 cm³/mol. The van der Waals surface area contributed by atoms with Crippen molar-refractivity contribution < 1.29 is 0 Å². The van der Waals surface area contributed by atoms with Crippen LogP contribution < -0.4 is 26.2 Å². The van der Waals surface area contributed by atoms with E-state index in [-0.39, 0.29) is 23.1 Å². The summed E-state index contributed by atoms with van der Waals surface area (Å²) in [6, 6.07) is 39.5. The topological polar surface area (TPSA) is 6.48 Å². The lowest BCUT2D eigenvalue weighted by molar-refractivity contribution is 0.195. The maximum atomic E-state index is 2.83. The van der Waals surface area contributed by atoms with Crippen molar-refractivity contribution in [2.75, 3.05) is 9.80 Å². The van der Waals surface area contributed by atoms with Gasteiger partial charge in [-0.3, -0.25) is 0 Å². The van der Waals surface area contributed by atoms with E-state index in [9.17, 15) is 0 Å². The zero-order valence-corrected chi connectivity index (χ0v) is 28.1.